The number of carbonyl (C=O) groups is 4. The maximum absolute atomic E-state index is 13.7. The van der Waals surface area contributed by atoms with E-state index in [4.69, 9.17) is 4.74 Å². The first kappa shape index (κ1) is 31.0. The van der Waals surface area contributed by atoms with Crippen LogP contribution in [0.1, 0.15) is 56.6 Å². The van der Waals surface area contributed by atoms with Crippen molar-refractivity contribution in [2.45, 2.75) is 82.6 Å². The number of rotatable bonds is 14. The Kier molecular flexibility index (Phi) is 11.3. The van der Waals surface area contributed by atoms with Gasteiger partial charge in [0, 0.05) is 19.1 Å². The minimum atomic E-state index is -1.00. The average Bonchev–Trinajstić information content (AvgIpc) is 3.60. The van der Waals surface area contributed by atoms with Crippen LogP contribution in [0.4, 0.5) is 4.79 Å². The summed E-state index contributed by atoms with van der Waals surface area (Å²) in [6.45, 7) is 2.55. The Morgan fingerprint density at radius 1 is 0.952 bits per heavy atom. The monoisotopic (exact) mass is 578 g/mol. The molecule has 0 bridgehead atoms. The summed E-state index contributed by atoms with van der Waals surface area (Å²) in [5, 5.41) is 18.4. The van der Waals surface area contributed by atoms with Gasteiger partial charge in [-0.3, -0.25) is 19.7 Å². The Labute approximate surface area is 247 Å². The summed E-state index contributed by atoms with van der Waals surface area (Å²) in [6.07, 6.45) is 4.36. The second-order valence-electron chi connectivity index (χ2n) is 11.2. The topological polar surface area (TPSA) is 137 Å². The SMILES string of the molecule is CC(N[C@@H](CCc1ccccc1)C(=O)O)C(=O)N1C(C(=O)NCCCNC(=O)OCc2ccccc2)C[C@@H]2CCC[C@@H]21. The molecule has 5 atom stereocenters. The molecule has 4 rings (SSSR count). The summed E-state index contributed by atoms with van der Waals surface area (Å²) in [6, 6.07) is 16.8. The Bertz CT molecular complexity index is 1190. The Morgan fingerprint density at radius 3 is 2.31 bits per heavy atom. The highest BCUT2D eigenvalue weighted by Gasteiger charge is 2.49. The normalized spacial score (nSPS) is 20.8. The van der Waals surface area contributed by atoms with Gasteiger partial charge >= 0.3 is 12.1 Å². The molecule has 42 heavy (non-hydrogen) atoms. The van der Waals surface area contributed by atoms with Gasteiger partial charge in [-0.25, -0.2) is 4.79 Å². The highest BCUT2D eigenvalue weighted by molar-refractivity contribution is 5.91. The van der Waals surface area contributed by atoms with Crippen molar-refractivity contribution in [1.29, 1.82) is 0 Å². The van der Waals surface area contributed by atoms with Crippen molar-refractivity contribution in [1.82, 2.24) is 20.9 Å². The van der Waals surface area contributed by atoms with E-state index in [2.05, 4.69) is 16.0 Å². The van der Waals surface area contributed by atoms with Gasteiger partial charge in [-0.1, -0.05) is 67.1 Å². The van der Waals surface area contributed by atoms with E-state index < -0.39 is 30.2 Å². The van der Waals surface area contributed by atoms with E-state index in [-0.39, 0.29) is 30.4 Å². The molecule has 1 heterocycles. The molecule has 1 saturated carbocycles. The fraction of sp³-hybridized carbons (Fsp3) is 0.500. The van der Waals surface area contributed by atoms with Crippen molar-refractivity contribution in [3.8, 4) is 0 Å². The number of amides is 3. The van der Waals surface area contributed by atoms with Crippen LogP contribution in [0, 0.1) is 5.92 Å². The van der Waals surface area contributed by atoms with Gasteiger partial charge in [0.05, 0.1) is 6.04 Å². The van der Waals surface area contributed by atoms with Gasteiger partial charge in [0.1, 0.15) is 18.7 Å². The Hall–Kier alpha value is -3.92. The molecule has 10 nitrogen and oxygen atoms in total. The van der Waals surface area contributed by atoms with Gasteiger partial charge in [0.15, 0.2) is 0 Å². The van der Waals surface area contributed by atoms with Crippen molar-refractivity contribution < 1.29 is 29.0 Å². The molecule has 0 aromatic heterocycles. The van der Waals surface area contributed by atoms with Gasteiger partial charge in [0.2, 0.25) is 11.8 Å². The number of fused-ring (bicyclic) bond motifs is 1. The van der Waals surface area contributed by atoms with Crippen LogP contribution in [-0.2, 0) is 32.1 Å². The third kappa shape index (κ3) is 8.55. The maximum atomic E-state index is 13.7. The summed E-state index contributed by atoms with van der Waals surface area (Å²) < 4.78 is 5.20. The zero-order valence-corrected chi connectivity index (χ0v) is 24.2. The van der Waals surface area contributed by atoms with Crippen LogP contribution in [0.15, 0.2) is 60.7 Å². The molecule has 0 spiro atoms. The number of benzene rings is 2. The van der Waals surface area contributed by atoms with Crippen LogP contribution >= 0.6 is 0 Å². The molecule has 3 amide bonds. The molecule has 2 fully saturated rings. The Balaban J connectivity index is 1.25. The number of ether oxygens (including phenoxy) is 1. The predicted molar refractivity (Wildman–Crippen MR) is 157 cm³/mol. The maximum Gasteiger partial charge on any atom is 0.407 e. The second-order valence-corrected chi connectivity index (χ2v) is 11.2. The molecule has 1 aliphatic heterocycles. The molecular weight excluding hydrogens is 536 g/mol. The summed E-state index contributed by atoms with van der Waals surface area (Å²) >= 11 is 0. The first-order valence-electron chi connectivity index (χ1n) is 14.9. The zero-order valence-electron chi connectivity index (χ0n) is 24.2. The quantitative estimate of drug-likeness (QED) is 0.253. The predicted octanol–water partition coefficient (Wildman–Crippen LogP) is 3.25. The molecule has 10 heteroatoms. The molecule has 4 N–H and O–H groups in total. The number of alkyl carbamates (subject to hydrolysis) is 1. The van der Waals surface area contributed by atoms with Gasteiger partial charge in [-0.15, -0.1) is 0 Å². The first-order valence-corrected chi connectivity index (χ1v) is 14.9. The van der Waals surface area contributed by atoms with Crippen LogP contribution in [0.25, 0.3) is 0 Å². The lowest BCUT2D eigenvalue weighted by Gasteiger charge is -2.32. The first-order chi connectivity index (χ1) is 20.3. The van der Waals surface area contributed by atoms with Crippen molar-refractivity contribution in [3.63, 3.8) is 0 Å². The highest BCUT2D eigenvalue weighted by atomic mass is 16.5. The summed E-state index contributed by atoms with van der Waals surface area (Å²) in [5.74, 6) is -1.18. The molecule has 2 unspecified atom stereocenters. The Morgan fingerprint density at radius 2 is 1.62 bits per heavy atom. The number of nitrogens with one attached hydrogen (secondary N) is 3. The standard InChI is InChI=1S/C32H42N4O6/c1-22(35-26(31(39)40)17-16-23-10-4-2-5-11-23)30(38)36-27-15-8-14-25(27)20-28(36)29(37)33-18-9-19-34-32(41)42-21-24-12-6-3-7-13-24/h2-7,10-13,22,25-28,35H,8-9,14-21H2,1H3,(H,33,37)(H,34,41)(H,39,40)/t22?,25-,26-,27-,28?/m0/s1. The lowest BCUT2D eigenvalue weighted by Crippen LogP contribution is -2.56. The molecule has 0 radical (unpaired) electrons. The third-order valence-electron chi connectivity index (χ3n) is 8.21. The molecule has 1 saturated heterocycles. The fourth-order valence-corrected chi connectivity index (χ4v) is 6.05. The van der Waals surface area contributed by atoms with E-state index >= 15 is 0 Å². The zero-order chi connectivity index (χ0) is 29.9. The van der Waals surface area contributed by atoms with E-state index in [1.54, 1.807) is 11.8 Å². The third-order valence-corrected chi connectivity index (χ3v) is 8.21. The van der Waals surface area contributed by atoms with E-state index in [0.29, 0.717) is 38.8 Å². The molecule has 2 aromatic carbocycles. The number of likely N-dealkylation sites (tertiary alicyclic amines) is 1. The number of aliphatic carboxylic acids is 1. The van der Waals surface area contributed by atoms with Gasteiger partial charge < -0.3 is 25.4 Å². The summed E-state index contributed by atoms with van der Waals surface area (Å²) in [7, 11) is 0. The van der Waals surface area contributed by atoms with E-state index in [9.17, 15) is 24.3 Å². The number of aryl methyl sites for hydroxylation is 1. The lowest BCUT2D eigenvalue weighted by atomic mass is 10.0. The van der Waals surface area contributed by atoms with Crippen LogP contribution in [0.3, 0.4) is 0 Å². The van der Waals surface area contributed by atoms with E-state index in [0.717, 1.165) is 30.4 Å². The molecule has 1 aliphatic carbocycles. The lowest BCUT2D eigenvalue weighted by molar-refractivity contribution is -0.144. The molecule has 226 valence electrons. The van der Waals surface area contributed by atoms with Crippen LogP contribution in [-0.4, -0.2) is 71.1 Å². The minimum Gasteiger partial charge on any atom is -0.480 e. The minimum absolute atomic E-state index is 0.00820. The van der Waals surface area contributed by atoms with Gasteiger partial charge in [-0.2, -0.15) is 0 Å². The molecule has 2 aliphatic rings. The largest absolute Gasteiger partial charge is 0.480 e. The second kappa shape index (κ2) is 15.3. The number of carboxylic acid groups (broad SMARTS) is 1. The van der Waals surface area contributed by atoms with Crippen molar-refractivity contribution in [3.05, 3.63) is 71.8 Å². The van der Waals surface area contributed by atoms with E-state index in [1.807, 2.05) is 60.7 Å². The average molecular weight is 579 g/mol. The highest BCUT2D eigenvalue weighted by Crippen LogP contribution is 2.41. The van der Waals surface area contributed by atoms with Crippen molar-refractivity contribution in [2.75, 3.05) is 13.1 Å². The number of hydrogen-bond acceptors (Lipinski definition) is 6. The van der Waals surface area contributed by atoms with Crippen molar-refractivity contribution in [2.24, 2.45) is 5.92 Å². The smallest absolute Gasteiger partial charge is 0.407 e. The summed E-state index contributed by atoms with van der Waals surface area (Å²) in [5.41, 5.74) is 1.93. The summed E-state index contributed by atoms with van der Waals surface area (Å²) in [4.78, 5) is 52.5. The van der Waals surface area contributed by atoms with Crippen molar-refractivity contribution >= 4 is 23.9 Å². The number of hydrogen-bond donors (Lipinski definition) is 4. The van der Waals surface area contributed by atoms with Gasteiger partial charge in [0.25, 0.3) is 0 Å². The molecular formula is C32H42N4O6. The van der Waals surface area contributed by atoms with Crippen LogP contribution < -0.4 is 16.0 Å². The van der Waals surface area contributed by atoms with E-state index in [1.165, 1.54) is 0 Å². The fourth-order valence-electron chi connectivity index (χ4n) is 6.05. The number of nitrogens with zero attached hydrogens (tertiary/aromatic N) is 1. The number of carboxylic acids is 1. The van der Waals surface area contributed by atoms with Crippen LogP contribution in [0.5, 0.6) is 0 Å². The van der Waals surface area contributed by atoms with Crippen LogP contribution in [0.2, 0.25) is 0 Å². The number of carbonyl (C=O) groups excluding carboxylic acids is 3. The molecule has 2 aromatic rings. The van der Waals surface area contributed by atoms with Gasteiger partial charge in [-0.05, 0) is 62.5 Å².